The molecular formula is C17H16N2O3. The number of nitrogens with one attached hydrogen (secondary N) is 1. The number of aromatic nitrogens is 1. The Kier molecular flexibility index (Phi) is 3.78. The van der Waals surface area contributed by atoms with Crippen LogP contribution in [0.2, 0.25) is 0 Å². The summed E-state index contributed by atoms with van der Waals surface area (Å²) in [5.74, 6) is 1.38. The molecule has 22 heavy (non-hydrogen) atoms. The van der Waals surface area contributed by atoms with Crippen molar-refractivity contribution in [2.24, 2.45) is 0 Å². The highest BCUT2D eigenvalue weighted by Crippen LogP contribution is 2.24. The fraction of sp³-hybridized carbons (Fsp3) is 0.176. The van der Waals surface area contributed by atoms with Crippen LogP contribution in [0.5, 0.6) is 0 Å². The fourth-order valence-corrected chi connectivity index (χ4v) is 2.63. The first kappa shape index (κ1) is 14.1. The third-order valence-corrected chi connectivity index (χ3v) is 3.68. The van der Waals surface area contributed by atoms with Crippen LogP contribution in [0, 0.1) is 5.41 Å². The quantitative estimate of drug-likeness (QED) is 0.710. The number of hydrogen-bond donors (Lipinski definition) is 1. The highest BCUT2D eigenvalue weighted by atomic mass is 16.3. The molecule has 0 bridgehead atoms. The lowest BCUT2D eigenvalue weighted by atomic mass is 9.89. The van der Waals surface area contributed by atoms with E-state index in [1.54, 1.807) is 53.6 Å². The Balaban J connectivity index is 2.09. The van der Waals surface area contributed by atoms with Crippen LogP contribution < -0.4 is 5.49 Å². The first-order chi connectivity index (χ1) is 10.7. The predicted octanol–water partition coefficient (Wildman–Crippen LogP) is 2.53. The molecular weight excluding hydrogens is 280 g/mol. The predicted molar refractivity (Wildman–Crippen MR) is 79.1 cm³/mol. The molecule has 1 N–H and O–H groups in total. The molecule has 0 aromatic carbocycles. The molecule has 0 spiro atoms. The smallest absolute Gasteiger partial charge is 0.146 e. The minimum Gasteiger partial charge on any atom is -0.469 e. The summed E-state index contributed by atoms with van der Waals surface area (Å²) in [4.78, 5) is 12.0. The SMILES string of the molecule is N=c1ccccn1C(C=O)(Cc1ccco1)Cc1ccco1. The van der Waals surface area contributed by atoms with Crippen molar-refractivity contribution in [3.63, 3.8) is 0 Å². The number of rotatable bonds is 6. The van der Waals surface area contributed by atoms with Crippen molar-refractivity contribution in [2.75, 3.05) is 0 Å². The second-order valence-electron chi connectivity index (χ2n) is 5.19. The molecule has 3 rings (SSSR count). The average Bonchev–Trinajstić information content (AvgIpc) is 3.21. The van der Waals surface area contributed by atoms with Gasteiger partial charge in [0.25, 0.3) is 0 Å². The van der Waals surface area contributed by atoms with Crippen LogP contribution in [0.15, 0.2) is 70.0 Å². The van der Waals surface area contributed by atoms with Gasteiger partial charge >= 0.3 is 0 Å². The topological polar surface area (TPSA) is 72.1 Å². The number of carbonyl (C=O) groups excluding carboxylic acids is 1. The molecule has 0 radical (unpaired) electrons. The summed E-state index contributed by atoms with van der Waals surface area (Å²) in [5.41, 5.74) is -0.707. The van der Waals surface area contributed by atoms with E-state index in [-0.39, 0.29) is 5.49 Å². The maximum Gasteiger partial charge on any atom is 0.146 e. The highest BCUT2D eigenvalue weighted by Gasteiger charge is 2.34. The molecule has 112 valence electrons. The molecule has 0 saturated heterocycles. The average molecular weight is 296 g/mol. The summed E-state index contributed by atoms with van der Waals surface area (Å²) in [6.45, 7) is 0. The second-order valence-corrected chi connectivity index (χ2v) is 5.19. The summed E-state index contributed by atoms with van der Waals surface area (Å²) in [5, 5.41) is 8.13. The fourth-order valence-electron chi connectivity index (χ4n) is 2.63. The summed E-state index contributed by atoms with van der Waals surface area (Å²) >= 11 is 0. The molecule has 0 aliphatic carbocycles. The van der Waals surface area contributed by atoms with Gasteiger partial charge in [0.2, 0.25) is 0 Å². The number of pyridine rings is 1. The van der Waals surface area contributed by atoms with E-state index in [1.807, 2.05) is 12.1 Å². The first-order valence-corrected chi connectivity index (χ1v) is 6.97. The van der Waals surface area contributed by atoms with Gasteiger partial charge in [-0.15, -0.1) is 0 Å². The van der Waals surface area contributed by atoms with E-state index in [0.717, 1.165) is 6.29 Å². The number of carbonyl (C=O) groups is 1. The molecule has 3 heterocycles. The first-order valence-electron chi connectivity index (χ1n) is 6.97. The normalized spacial score (nSPS) is 11.5. The van der Waals surface area contributed by atoms with Crippen molar-refractivity contribution in [3.05, 3.63) is 78.2 Å². The Labute approximate surface area is 127 Å². The van der Waals surface area contributed by atoms with Gasteiger partial charge in [-0.2, -0.15) is 0 Å². The van der Waals surface area contributed by atoms with Gasteiger partial charge in [0.05, 0.1) is 12.5 Å². The lowest BCUT2D eigenvalue weighted by molar-refractivity contribution is -0.115. The summed E-state index contributed by atoms with van der Waals surface area (Å²) in [7, 11) is 0. The van der Waals surface area contributed by atoms with E-state index in [0.29, 0.717) is 24.4 Å². The van der Waals surface area contributed by atoms with E-state index >= 15 is 0 Å². The van der Waals surface area contributed by atoms with Gasteiger partial charge in [-0.05, 0) is 36.4 Å². The summed E-state index contributed by atoms with van der Waals surface area (Å²) in [6, 6.07) is 12.5. The number of nitrogens with zero attached hydrogens (tertiary/aromatic N) is 1. The van der Waals surface area contributed by atoms with Gasteiger partial charge < -0.3 is 18.2 Å². The third kappa shape index (κ3) is 2.65. The van der Waals surface area contributed by atoms with Gasteiger partial charge in [-0.1, -0.05) is 6.07 Å². The number of hydrogen-bond acceptors (Lipinski definition) is 4. The maximum absolute atomic E-state index is 12.0. The zero-order valence-corrected chi connectivity index (χ0v) is 11.9. The number of furan rings is 2. The van der Waals surface area contributed by atoms with Crippen molar-refractivity contribution in [2.45, 2.75) is 18.4 Å². The summed E-state index contributed by atoms with van der Waals surface area (Å²) < 4.78 is 12.5. The van der Waals surface area contributed by atoms with Crippen molar-refractivity contribution < 1.29 is 13.6 Å². The van der Waals surface area contributed by atoms with Crippen molar-refractivity contribution in [3.8, 4) is 0 Å². The molecule has 3 aromatic rings. The molecule has 0 saturated carbocycles. The second kappa shape index (κ2) is 5.89. The Morgan fingerprint density at radius 1 is 1.00 bits per heavy atom. The maximum atomic E-state index is 12.0. The van der Waals surface area contributed by atoms with Gasteiger partial charge in [-0.3, -0.25) is 5.41 Å². The van der Waals surface area contributed by atoms with E-state index in [2.05, 4.69) is 0 Å². The van der Waals surface area contributed by atoms with Crippen LogP contribution >= 0.6 is 0 Å². The van der Waals surface area contributed by atoms with Crippen LogP contribution in [0.1, 0.15) is 11.5 Å². The minimum absolute atomic E-state index is 0.257. The largest absolute Gasteiger partial charge is 0.469 e. The monoisotopic (exact) mass is 296 g/mol. The highest BCUT2D eigenvalue weighted by molar-refractivity contribution is 5.63. The van der Waals surface area contributed by atoms with E-state index in [1.165, 1.54) is 0 Å². The van der Waals surface area contributed by atoms with Crippen molar-refractivity contribution in [1.29, 1.82) is 5.41 Å². The Hall–Kier alpha value is -2.82. The van der Waals surface area contributed by atoms with Crippen molar-refractivity contribution in [1.82, 2.24) is 4.57 Å². The molecule has 0 amide bonds. The van der Waals surface area contributed by atoms with E-state index in [4.69, 9.17) is 14.2 Å². The van der Waals surface area contributed by atoms with E-state index < -0.39 is 5.54 Å². The molecule has 5 nitrogen and oxygen atoms in total. The molecule has 0 aliphatic rings. The van der Waals surface area contributed by atoms with Crippen molar-refractivity contribution >= 4 is 6.29 Å². The van der Waals surface area contributed by atoms with Crippen LogP contribution in [0.4, 0.5) is 0 Å². The Morgan fingerprint density at radius 2 is 1.64 bits per heavy atom. The minimum atomic E-state index is -0.964. The van der Waals surface area contributed by atoms with Gasteiger partial charge in [0, 0.05) is 19.0 Å². The van der Waals surface area contributed by atoms with Crippen LogP contribution in [-0.2, 0) is 23.2 Å². The number of aldehydes is 1. The lowest BCUT2D eigenvalue weighted by Gasteiger charge is -2.29. The molecule has 3 aromatic heterocycles. The molecule has 0 atom stereocenters. The van der Waals surface area contributed by atoms with Gasteiger partial charge in [0.1, 0.15) is 28.8 Å². The molecule has 0 aliphatic heterocycles. The Bertz CT molecular complexity index is 749. The van der Waals surface area contributed by atoms with E-state index in [9.17, 15) is 4.79 Å². The van der Waals surface area contributed by atoms with Gasteiger partial charge in [0.15, 0.2) is 0 Å². The molecule has 5 heteroatoms. The standard InChI is InChI=1S/C17H16N2O3/c18-16-7-1-2-8-19(16)17(13-20,11-14-5-3-9-21-14)12-15-6-4-10-22-15/h1-10,13,18H,11-12H2. The van der Waals surface area contributed by atoms with Crippen LogP contribution in [-0.4, -0.2) is 10.9 Å². The van der Waals surface area contributed by atoms with Crippen LogP contribution in [0.3, 0.4) is 0 Å². The molecule has 0 fully saturated rings. The molecule has 0 unspecified atom stereocenters. The third-order valence-electron chi connectivity index (χ3n) is 3.68. The zero-order chi connectivity index (χ0) is 15.4. The van der Waals surface area contributed by atoms with Crippen LogP contribution in [0.25, 0.3) is 0 Å². The van der Waals surface area contributed by atoms with Gasteiger partial charge in [-0.25, -0.2) is 0 Å². The lowest BCUT2D eigenvalue weighted by Crippen LogP contribution is -2.45. The zero-order valence-electron chi connectivity index (χ0n) is 11.9. The summed E-state index contributed by atoms with van der Waals surface area (Å²) in [6.07, 6.45) is 6.47. The Morgan fingerprint density at radius 3 is 2.09 bits per heavy atom.